The Hall–Kier alpha value is -0.120. The molecule has 9 heavy (non-hydrogen) atoms. The molecule has 0 atom stereocenters. The van der Waals surface area contributed by atoms with Gasteiger partial charge >= 0.3 is 0 Å². The third-order valence-electron chi connectivity index (χ3n) is 0. The highest BCUT2D eigenvalue weighted by Crippen LogP contribution is 1.34. The van der Waals surface area contributed by atoms with Crippen LogP contribution in [0.25, 0.3) is 0 Å². The average Bonchev–Trinajstić information content (AvgIpc) is 1.70. The van der Waals surface area contributed by atoms with Gasteiger partial charge in [-0.15, -0.1) is 0 Å². The van der Waals surface area contributed by atoms with E-state index in [1.165, 1.54) is 0 Å². The van der Waals surface area contributed by atoms with E-state index in [0.29, 0.717) is 0 Å². The summed E-state index contributed by atoms with van der Waals surface area (Å²) in [7, 11) is 0. The molecule has 0 rings (SSSR count). The van der Waals surface area contributed by atoms with E-state index >= 15 is 0 Å². The van der Waals surface area contributed by atoms with E-state index in [2.05, 4.69) is 0 Å². The maximum atomic E-state index is 8.93. The standard InChI is InChI=1S/3C2H5O/c3*1-2-3/h3*2H2,1H3. The maximum Gasteiger partial charge on any atom is 0.0794 e. The lowest BCUT2D eigenvalue weighted by atomic mass is 10.9. The van der Waals surface area contributed by atoms with Crippen molar-refractivity contribution in [2.24, 2.45) is 0 Å². The fraction of sp³-hybridized carbons (Fsp3) is 1.00. The van der Waals surface area contributed by atoms with E-state index in [9.17, 15) is 0 Å². The van der Waals surface area contributed by atoms with Crippen LogP contribution in [0.2, 0.25) is 0 Å². The number of rotatable bonds is 0. The van der Waals surface area contributed by atoms with Crippen molar-refractivity contribution in [1.82, 2.24) is 0 Å². The number of hydrogen-bond donors (Lipinski definition) is 0. The van der Waals surface area contributed by atoms with E-state index in [1.54, 1.807) is 20.8 Å². The second kappa shape index (κ2) is 45.0. The molecule has 0 bridgehead atoms. The third kappa shape index (κ3) is 18900. The molecule has 0 amide bonds. The Bertz CT molecular complexity index is 13.0. The molecule has 0 saturated heterocycles. The van der Waals surface area contributed by atoms with Crippen molar-refractivity contribution in [1.29, 1.82) is 0 Å². The van der Waals surface area contributed by atoms with E-state index < -0.39 is 0 Å². The lowest BCUT2D eigenvalue weighted by Gasteiger charge is -1.45. The quantitative estimate of drug-likeness (QED) is 0.481. The van der Waals surface area contributed by atoms with Crippen LogP contribution in [0.5, 0.6) is 0 Å². The molecule has 0 aromatic carbocycles. The zero-order valence-electron chi connectivity index (χ0n) is 6.35. The summed E-state index contributed by atoms with van der Waals surface area (Å²) in [5.41, 5.74) is 0. The van der Waals surface area contributed by atoms with Crippen LogP contribution in [-0.2, 0) is 15.3 Å². The Morgan fingerprint density at radius 3 is 0.667 bits per heavy atom. The average molecular weight is 135 g/mol. The van der Waals surface area contributed by atoms with Crippen LogP contribution in [0.4, 0.5) is 0 Å². The van der Waals surface area contributed by atoms with Crippen LogP contribution in [0, 0.1) is 0 Å². The van der Waals surface area contributed by atoms with Crippen molar-refractivity contribution >= 4 is 0 Å². The molecule has 0 aliphatic rings. The molecule has 0 aromatic rings. The predicted molar refractivity (Wildman–Crippen MR) is 33.7 cm³/mol. The van der Waals surface area contributed by atoms with Gasteiger partial charge in [0.1, 0.15) is 0 Å². The first-order valence-corrected chi connectivity index (χ1v) is 2.99. The molecule has 0 N–H and O–H groups in total. The Morgan fingerprint density at radius 2 is 0.667 bits per heavy atom. The minimum absolute atomic E-state index is 0. The van der Waals surface area contributed by atoms with Crippen LogP contribution in [0.1, 0.15) is 20.8 Å². The molecule has 3 nitrogen and oxygen atoms in total. The molecule has 0 saturated carbocycles. The summed E-state index contributed by atoms with van der Waals surface area (Å²) in [5.74, 6) is 0. The van der Waals surface area contributed by atoms with Gasteiger partial charge in [0.2, 0.25) is 0 Å². The third-order valence-corrected chi connectivity index (χ3v) is 0. The van der Waals surface area contributed by atoms with Gasteiger partial charge < -0.3 is 0 Å². The van der Waals surface area contributed by atoms with Gasteiger partial charge in [0, 0.05) is 0 Å². The highest BCUT2D eigenvalue weighted by Gasteiger charge is 1.40. The Labute approximate surface area is 57.0 Å². The van der Waals surface area contributed by atoms with Crippen molar-refractivity contribution in [2.75, 3.05) is 19.8 Å². The molecular formula is C6H15O3. The first kappa shape index (κ1) is 15.9. The summed E-state index contributed by atoms with van der Waals surface area (Å²) in [6, 6.07) is 0. The Kier molecular flexibility index (Phi) is 79.7. The van der Waals surface area contributed by atoms with E-state index in [1.807, 2.05) is 0 Å². The number of hydrogen-bond acceptors (Lipinski definition) is 0. The largest absolute Gasteiger partial charge is 0.237 e. The van der Waals surface area contributed by atoms with Gasteiger partial charge in [-0.1, -0.05) is 0 Å². The van der Waals surface area contributed by atoms with Crippen molar-refractivity contribution in [3.63, 3.8) is 0 Å². The molecule has 0 unspecified atom stereocenters. The van der Waals surface area contributed by atoms with Gasteiger partial charge in [-0.05, 0) is 20.8 Å². The smallest absolute Gasteiger partial charge is 0.0794 e. The fourth-order valence-corrected chi connectivity index (χ4v) is 0. The van der Waals surface area contributed by atoms with Crippen LogP contribution in [0.3, 0.4) is 0 Å². The summed E-state index contributed by atoms with van der Waals surface area (Å²) in [6.45, 7) is 4.71. The summed E-state index contributed by atoms with van der Waals surface area (Å²) in [5, 5.41) is 26.8. The van der Waals surface area contributed by atoms with E-state index in [4.69, 9.17) is 15.3 Å². The lowest BCUT2D eigenvalue weighted by Crippen LogP contribution is -1.52. The molecule has 0 aliphatic carbocycles. The van der Waals surface area contributed by atoms with Crippen molar-refractivity contribution in [2.45, 2.75) is 20.8 Å². The van der Waals surface area contributed by atoms with Gasteiger partial charge in [-0.3, -0.25) is 0 Å². The predicted octanol–water partition coefficient (Wildman–Crippen LogP) is 1.31. The van der Waals surface area contributed by atoms with Crippen molar-refractivity contribution in [3.05, 3.63) is 0 Å². The molecule has 57 valence electrons. The van der Waals surface area contributed by atoms with Gasteiger partial charge in [0.05, 0.1) is 19.8 Å². The lowest BCUT2D eigenvalue weighted by molar-refractivity contribution is 0.211. The Balaban J connectivity index is -0.0000000600. The highest BCUT2D eigenvalue weighted by molar-refractivity contribution is 3.83. The Morgan fingerprint density at radius 1 is 0.667 bits per heavy atom. The molecular weight excluding hydrogens is 120 g/mol. The first-order valence-electron chi connectivity index (χ1n) is 2.99. The molecule has 0 fully saturated rings. The second-order valence-corrected chi connectivity index (χ2v) is 0.866. The summed E-state index contributed by atoms with van der Waals surface area (Å²) in [6.07, 6.45) is 0. The summed E-state index contributed by atoms with van der Waals surface area (Å²) < 4.78 is 0. The fourth-order valence-electron chi connectivity index (χ4n) is 0. The topological polar surface area (TPSA) is 59.7 Å². The molecule has 3 radical (unpaired) electrons. The minimum atomic E-state index is 0. The van der Waals surface area contributed by atoms with Gasteiger partial charge in [-0.2, -0.15) is 0 Å². The van der Waals surface area contributed by atoms with Crippen LogP contribution >= 0.6 is 0 Å². The molecule has 0 heterocycles. The van der Waals surface area contributed by atoms with Crippen LogP contribution in [-0.4, -0.2) is 19.8 Å². The first-order chi connectivity index (χ1) is 4.24. The SMILES string of the molecule is CC[O].CC[O].CC[O]. The second-order valence-electron chi connectivity index (χ2n) is 0.866. The van der Waals surface area contributed by atoms with Gasteiger partial charge in [-0.25, -0.2) is 15.3 Å². The molecule has 0 spiro atoms. The van der Waals surface area contributed by atoms with E-state index in [0.717, 1.165) is 0 Å². The zero-order valence-corrected chi connectivity index (χ0v) is 6.35. The summed E-state index contributed by atoms with van der Waals surface area (Å²) >= 11 is 0. The summed E-state index contributed by atoms with van der Waals surface area (Å²) in [4.78, 5) is 0. The molecule has 0 aromatic heterocycles. The van der Waals surface area contributed by atoms with Crippen molar-refractivity contribution < 1.29 is 15.3 Å². The minimum Gasteiger partial charge on any atom is -0.237 e. The highest BCUT2D eigenvalue weighted by atomic mass is 16.3. The maximum absolute atomic E-state index is 8.93. The van der Waals surface area contributed by atoms with E-state index in [-0.39, 0.29) is 19.8 Å². The van der Waals surface area contributed by atoms with Crippen LogP contribution < -0.4 is 0 Å². The normalized spacial score (nSPS) is 6.00. The molecule has 3 heteroatoms. The van der Waals surface area contributed by atoms with Crippen molar-refractivity contribution in [3.8, 4) is 0 Å². The van der Waals surface area contributed by atoms with Gasteiger partial charge in [0.25, 0.3) is 0 Å². The zero-order chi connectivity index (χ0) is 8.12. The monoisotopic (exact) mass is 135 g/mol. The van der Waals surface area contributed by atoms with Crippen LogP contribution in [0.15, 0.2) is 0 Å². The molecule has 0 aliphatic heterocycles. The van der Waals surface area contributed by atoms with Gasteiger partial charge in [0.15, 0.2) is 0 Å².